The minimum absolute atomic E-state index is 0.104. The predicted molar refractivity (Wildman–Crippen MR) is 99.5 cm³/mol. The first-order valence-electron chi connectivity index (χ1n) is 7.88. The van der Waals surface area contributed by atoms with E-state index in [-0.39, 0.29) is 11.9 Å². The molecule has 0 aliphatic heterocycles. The van der Waals surface area contributed by atoms with Gasteiger partial charge in [-0.1, -0.05) is 0 Å². The molecule has 0 saturated carbocycles. The zero-order chi connectivity index (χ0) is 18.2. The van der Waals surface area contributed by atoms with Crippen LogP contribution in [0.1, 0.15) is 22.8 Å². The molecule has 6 heteroatoms. The fraction of sp³-hybridized carbons (Fsp3) is 0.263. The van der Waals surface area contributed by atoms with E-state index in [0.29, 0.717) is 23.6 Å². The van der Waals surface area contributed by atoms with E-state index >= 15 is 0 Å². The third-order valence-electron chi connectivity index (χ3n) is 3.44. The van der Waals surface area contributed by atoms with Crippen LogP contribution >= 0.6 is 11.8 Å². The van der Waals surface area contributed by atoms with Gasteiger partial charge in [-0.05, 0) is 61.9 Å². The Kier molecular flexibility index (Phi) is 6.89. The quantitative estimate of drug-likeness (QED) is 0.600. The Morgan fingerprint density at radius 1 is 1.12 bits per heavy atom. The smallest absolute Gasteiger partial charge is 0.338 e. The molecule has 2 rings (SSSR count). The number of nitrogens with one attached hydrogen (secondary N) is 1. The molecule has 1 amide bonds. The van der Waals surface area contributed by atoms with Gasteiger partial charge in [-0.15, -0.1) is 11.8 Å². The number of benzene rings is 2. The summed E-state index contributed by atoms with van der Waals surface area (Å²) in [6, 6.07) is 12.6. The average Bonchev–Trinajstić information content (AvgIpc) is 2.62. The zero-order valence-corrected chi connectivity index (χ0v) is 15.3. The molecular weight excluding hydrogens is 338 g/mol. The van der Waals surface area contributed by atoms with E-state index in [1.54, 1.807) is 32.2 Å². The Morgan fingerprint density at radius 2 is 1.84 bits per heavy atom. The van der Waals surface area contributed by atoms with Crippen molar-refractivity contribution >= 4 is 29.3 Å². The number of carbonyl (C=O) groups excluding carboxylic acids is 2. The summed E-state index contributed by atoms with van der Waals surface area (Å²) in [6.45, 7) is 3.94. The second-order valence-electron chi connectivity index (χ2n) is 5.26. The lowest BCUT2D eigenvalue weighted by Crippen LogP contribution is -2.15. The standard InChI is InChI=1S/C19H21NO4S/c1-4-24-19(22)14-5-10-17(13(2)11-14)20-18(21)12-25-16-8-6-15(23-3)7-9-16/h5-11H,4,12H2,1-3H3,(H,20,21). The van der Waals surface area contributed by atoms with Crippen LogP contribution in [0.2, 0.25) is 0 Å². The number of rotatable bonds is 7. The molecule has 2 aromatic rings. The number of thioether (sulfide) groups is 1. The van der Waals surface area contributed by atoms with Crippen molar-refractivity contribution in [3.63, 3.8) is 0 Å². The maximum absolute atomic E-state index is 12.1. The highest BCUT2D eigenvalue weighted by atomic mass is 32.2. The van der Waals surface area contributed by atoms with Crippen LogP contribution in [-0.2, 0) is 9.53 Å². The number of hydrogen-bond donors (Lipinski definition) is 1. The third-order valence-corrected chi connectivity index (χ3v) is 4.45. The number of anilines is 1. The molecule has 0 aliphatic rings. The lowest BCUT2D eigenvalue weighted by Gasteiger charge is -2.10. The molecule has 0 heterocycles. The Labute approximate surface area is 151 Å². The molecule has 0 spiro atoms. The molecule has 0 bridgehead atoms. The largest absolute Gasteiger partial charge is 0.497 e. The van der Waals surface area contributed by atoms with Gasteiger partial charge in [-0.2, -0.15) is 0 Å². The molecule has 25 heavy (non-hydrogen) atoms. The number of hydrogen-bond acceptors (Lipinski definition) is 5. The monoisotopic (exact) mass is 359 g/mol. The Hall–Kier alpha value is -2.47. The Bertz CT molecular complexity index is 744. The van der Waals surface area contributed by atoms with E-state index in [1.165, 1.54) is 11.8 Å². The molecule has 1 N–H and O–H groups in total. The molecule has 0 radical (unpaired) electrons. The number of aryl methyl sites for hydroxylation is 1. The first kappa shape index (κ1) is 18.9. The molecule has 0 unspecified atom stereocenters. The highest BCUT2D eigenvalue weighted by molar-refractivity contribution is 8.00. The second-order valence-corrected chi connectivity index (χ2v) is 6.31. The van der Waals surface area contributed by atoms with Crippen molar-refractivity contribution in [1.82, 2.24) is 0 Å². The van der Waals surface area contributed by atoms with Gasteiger partial charge < -0.3 is 14.8 Å². The van der Waals surface area contributed by atoms with Crippen molar-refractivity contribution in [1.29, 1.82) is 0 Å². The lowest BCUT2D eigenvalue weighted by molar-refractivity contribution is -0.113. The number of methoxy groups -OCH3 is 1. The summed E-state index contributed by atoms with van der Waals surface area (Å²) in [5.74, 6) is 0.614. The molecule has 0 saturated heterocycles. The van der Waals surface area contributed by atoms with E-state index in [4.69, 9.17) is 9.47 Å². The summed E-state index contributed by atoms with van der Waals surface area (Å²) in [5.41, 5.74) is 1.98. The van der Waals surface area contributed by atoms with Gasteiger partial charge in [0.1, 0.15) is 5.75 Å². The number of amides is 1. The summed E-state index contributed by atoms with van der Waals surface area (Å²) in [6.07, 6.45) is 0. The summed E-state index contributed by atoms with van der Waals surface area (Å²) in [4.78, 5) is 24.8. The van der Waals surface area contributed by atoms with Gasteiger partial charge in [0.25, 0.3) is 0 Å². The van der Waals surface area contributed by atoms with Crippen molar-refractivity contribution in [3.05, 3.63) is 53.6 Å². The average molecular weight is 359 g/mol. The van der Waals surface area contributed by atoms with Crippen LogP contribution in [0.15, 0.2) is 47.4 Å². The molecular formula is C19H21NO4S. The maximum Gasteiger partial charge on any atom is 0.338 e. The second kappa shape index (κ2) is 9.13. The first-order valence-corrected chi connectivity index (χ1v) is 8.86. The van der Waals surface area contributed by atoms with E-state index in [2.05, 4.69) is 5.32 Å². The van der Waals surface area contributed by atoms with E-state index < -0.39 is 0 Å². The minimum atomic E-state index is -0.362. The zero-order valence-electron chi connectivity index (χ0n) is 14.5. The Balaban J connectivity index is 1.92. The van der Waals surface area contributed by atoms with Gasteiger partial charge >= 0.3 is 5.97 Å². The van der Waals surface area contributed by atoms with Gasteiger partial charge in [0, 0.05) is 10.6 Å². The highest BCUT2D eigenvalue weighted by Crippen LogP contribution is 2.22. The van der Waals surface area contributed by atoms with E-state index in [1.807, 2.05) is 31.2 Å². The number of carbonyl (C=O) groups is 2. The maximum atomic E-state index is 12.1. The van der Waals surface area contributed by atoms with Gasteiger partial charge in [0.05, 0.1) is 25.0 Å². The first-order chi connectivity index (χ1) is 12.0. The molecule has 2 aromatic carbocycles. The molecule has 0 aromatic heterocycles. The fourth-order valence-corrected chi connectivity index (χ4v) is 2.85. The van der Waals surface area contributed by atoms with Crippen LogP contribution in [0.25, 0.3) is 0 Å². The van der Waals surface area contributed by atoms with Crippen LogP contribution < -0.4 is 10.1 Å². The number of esters is 1. The molecule has 132 valence electrons. The highest BCUT2D eigenvalue weighted by Gasteiger charge is 2.10. The van der Waals surface area contributed by atoms with E-state index in [9.17, 15) is 9.59 Å². The summed E-state index contributed by atoms with van der Waals surface area (Å²) < 4.78 is 10.1. The lowest BCUT2D eigenvalue weighted by atomic mass is 10.1. The van der Waals surface area contributed by atoms with Gasteiger partial charge in [-0.3, -0.25) is 4.79 Å². The van der Waals surface area contributed by atoms with Gasteiger partial charge in [0.2, 0.25) is 5.91 Å². The summed E-state index contributed by atoms with van der Waals surface area (Å²) >= 11 is 1.45. The normalized spacial score (nSPS) is 10.2. The van der Waals surface area contributed by atoms with Crippen LogP contribution in [-0.4, -0.2) is 31.3 Å². The molecule has 0 fully saturated rings. The van der Waals surface area contributed by atoms with Crippen molar-refractivity contribution in [2.75, 3.05) is 24.8 Å². The van der Waals surface area contributed by atoms with Crippen molar-refractivity contribution in [2.24, 2.45) is 0 Å². The minimum Gasteiger partial charge on any atom is -0.497 e. The van der Waals surface area contributed by atoms with Crippen molar-refractivity contribution in [2.45, 2.75) is 18.7 Å². The van der Waals surface area contributed by atoms with E-state index in [0.717, 1.165) is 16.2 Å². The van der Waals surface area contributed by atoms with Crippen LogP contribution in [0.4, 0.5) is 5.69 Å². The van der Waals surface area contributed by atoms with Crippen LogP contribution in [0.3, 0.4) is 0 Å². The molecule has 0 atom stereocenters. The van der Waals surface area contributed by atoms with Crippen molar-refractivity contribution < 1.29 is 19.1 Å². The third kappa shape index (κ3) is 5.53. The van der Waals surface area contributed by atoms with Crippen LogP contribution in [0.5, 0.6) is 5.75 Å². The number of ether oxygens (including phenoxy) is 2. The predicted octanol–water partition coefficient (Wildman–Crippen LogP) is 3.91. The van der Waals surface area contributed by atoms with Gasteiger partial charge in [0.15, 0.2) is 0 Å². The van der Waals surface area contributed by atoms with Gasteiger partial charge in [-0.25, -0.2) is 4.79 Å². The van der Waals surface area contributed by atoms with Crippen LogP contribution in [0, 0.1) is 6.92 Å². The molecule has 5 nitrogen and oxygen atoms in total. The fourth-order valence-electron chi connectivity index (χ4n) is 2.15. The topological polar surface area (TPSA) is 64.6 Å². The summed E-state index contributed by atoms with van der Waals surface area (Å²) in [5, 5.41) is 2.86. The van der Waals surface area contributed by atoms with Crippen molar-refractivity contribution in [3.8, 4) is 5.75 Å². The Morgan fingerprint density at radius 3 is 2.44 bits per heavy atom. The summed E-state index contributed by atoms with van der Waals surface area (Å²) in [7, 11) is 1.62. The molecule has 0 aliphatic carbocycles. The SMILES string of the molecule is CCOC(=O)c1ccc(NC(=O)CSc2ccc(OC)cc2)c(C)c1.